The Labute approximate surface area is 265 Å². The van der Waals surface area contributed by atoms with Gasteiger partial charge in [-0.1, -0.05) is 23.7 Å². The highest BCUT2D eigenvalue weighted by molar-refractivity contribution is 6.30. The average molecular weight is 613 g/mol. The minimum atomic E-state index is -0.173. The molecule has 9 nitrogen and oxygen atoms in total. The first-order valence-corrected chi connectivity index (χ1v) is 15.9. The van der Waals surface area contributed by atoms with E-state index in [9.17, 15) is 10.1 Å². The van der Waals surface area contributed by atoms with Gasteiger partial charge < -0.3 is 20.0 Å². The molecule has 4 aliphatic heterocycles. The number of benzene rings is 2. The van der Waals surface area contributed by atoms with Crippen LogP contribution >= 0.6 is 11.6 Å². The number of guanidine groups is 1. The van der Waals surface area contributed by atoms with E-state index in [1.165, 1.54) is 5.56 Å². The number of fused-ring (bicyclic) bond motifs is 1. The molecule has 2 N–H and O–H groups in total. The second-order valence-corrected chi connectivity index (χ2v) is 12.8. The Morgan fingerprint density at radius 2 is 1.82 bits per heavy atom. The summed E-state index contributed by atoms with van der Waals surface area (Å²) in [5.74, 6) is 0.727. The zero-order valence-electron chi connectivity index (χ0n) is 25.5. The lowest BCUT2D eigenvalue weighted by atomic mass is 9.70. The normalized spacial score (nSPS) is 21.5. The van der Waals surface area contributed by atoms with Gasteiger partial charge in [0.15, 0.2) is 6.17 Å². The molecule has 0 radical (unpaired) electrons. The Morgan fingerprint density at radius 1 is 1.11 bits per heavy atom. The number of likely N-dealkylation sites (tertiary alicyclic amines) is 2. The highest BCUT2D eigenvalue weighted by atomic mass is 35.5. The van der Waals surface area contributed by atoms with Gasteiger partial charge in [0.05, 0.1) is 11.8 Å². The molecule has 1 amide bonds. The maximum absolute atomic E-state index is 13.1. The van der Waals surface area contributed by atoms with Gasteiger partial charge in [0.25, 0.3) is 5.91 Å². The van der Waals surface area contributed by atoms with Crippen LogP contribution in [0.25, 0.3) is 0 Å². The van der Waals surface area contributed by atoms with E-state index >= 15 is 0 Å². The fourth-order valence-corrected chi connectivity index (χ4v) is 7.06. The molecular weight excluding hydrogens is 572 g/mol. The van der Waals surface area contributed by atoms with E-state index in [1.807, 2.05) is 59.6 Å². The lowest BCUT2D eigenvalue weighted by Crippen LogP contribution is -2.48. The van der Waals surface area contributed by atoms with Gasteiger partial charge >= 0.3 is 0 Å². The number of carbonyl (C=O) groups is 1. The third-order valence-corrected chi connectivity index (χ3v) is 9.99. The molecule has 1 unspecified atom stereocenters. The van der Waals surface area contributed by atoms with Crippen molar-refractivity contribution in [3.05, 3.63) is 88.7 Å². The van der Waals surface area contributed by atoms with E-state index in [0.29, 0.717) is 17.9 Å². The number of nitriles is 1. The van der Waals surface area contributed by atoms with Gasteiger partial charge in [-0.25, -0.2) is 4.99 Å². The summed E-state index contributed by atoms with van der Waals surface area (Å²) in [7, 11) is 4.05. The number of piperidine rings is 2. The number of aliphatic imine (C=N–C) groups is 1. The topological polar surface area (TPSA) is 90.2 Å². The molecule has 0 spiro atoms. The third-order valence-electron chi connectivity index (χ3n) is 9.74. The van der Waals surface area contributed by atoms with Gasteiger partial charge in [0.2, 0.25) is 5.96 Å². The van der Waals surface area contributed by atoms with Gasteiger partial charge in [-0.2, -0.15) is 5.26 Å². The SMILES string of the molecule is CN1CCC(N(C)C(=O)c2ccc(NC3=NC4C(N5CCC(CCC#N)(c6ccc(Cl)cc6)CC5)=CC=CN4N3)cc2)CC1. The van der Waals surface area contributed by atoms with Gasteiger partial charge in [-0.15, -0.1) is 0 Å². The summed E-state index contributed by atoms with van der Waals surface area (Å²) in [6.07, 6.45) is 11.4. The van der Waals surface area contributed by atoms with Crippen LogP contribution in [0, 0.1) is 11.3 Å². The molecule has 4 heterocycles. The highest BCUT2D eigenvalue weighted by Gasteiger charge is 2.39. The molecule has 1 atom stereocenters. The number of amides is 1. The molecule has 44 heavy (non-hydrogen) atoms. The fraction of sp³-hybridized carbons (Fsp3) is 0.441. The van der Waals surface area contributed by atoms with Gasteiger partial charge in [-0.3, -0.25) is 15.2 Å². The van der Waals surface area contributed by atoms with Crippen molar-refractivity contribution < 1.29 is 4.79 Å². The van der Waals surface area contributed by atoms with Crippen LogP contribution in [-0.2, 0) is 5.41 Å². The summed E-state index contributed by atoms with van der Waals surface area (Å²) in [6, 6.07) is 18.4. The number of nitrogens with one attached hydrogen (secondary N) is 2. The van der Waals surface area contributed by atoms with E-state index in [0.717, 1.165) is 74.7 Å². The molecule has 2 aromatic rings. The summed E-state index contributed by atoms with van der Waals surface area (Å²) >= 11 is 6.18. The van der Waals surface area contributed by atoms with E-state index in [4.69, 9.17) is 16.6 Å². The molecule has 2 aromatic carbocycles. The molecule has 0 aliphatic carbocycles. The number of nitrogens with zero attached hydrogens (tertiary/aromatic N) is 6. The Balaban J connectivity index is 1.09. The number of rotatable bonds is 7. The molecule has 0 bridgehead atoms. The average Bonchev–Trinajstić information content (AvgIpc) is 3.47. The number of carbonyl (C=O) groups excluding carboxylic acids is 1. The van der Waals surface area contributed by atoms with Crippen molar-refractivity contribution in [2.75, 3.05) is 45.6 Å². The van der Waals surface area contributed by atoms with Crippen molar-refractivity contribution in [3.8, 4) is 6.07 Å². The number of anilines is 1. The zero-order chi connectivity index (χ0) is 30.7. The van der Waals surface area contributed by atoms with Crippen molar-refractivity contribution >= 4 is 29.2 Å². The molecule has 0 saturated carbocycles. The van der Waals surface area contributed by atoms with Gasteiger partial charge in [-0.05, 0) is 112 Å². The van der Waals surface area contributed by atoms with Crippen LogP contribution in [0.1, 0.15) is 54.4 Å². The number of hydrazine groups is 1. The standard InChI is InChI=1S/C34H41ClN8O/c1-40-21-14-29(15-22-40)41(2)32(44)25-6-12-28(13-7-25)37-33-38-31-30(5-3-20-43(31)39-33)42-23-17-34(18-24-42,16-4-19-36)26-8-10-27(35)11-9-26/h3,5-13,20,29,31H,4,14-18,21-24H2,1-2H3,(H2,37,38,39). The van der Waals surface area contributed by atoms with Crippen LogP contribution in [0.3, 0.4) is 0 Å². The first-order chi connectivity index (χ1) is 21.3. The quantitative estimate of drug-likeness (QED) is 0.446. The molecule has 4 aliphatic rings. The maximum Gasteiger partial charge on any atom is 0.253 e. The number of allylic oxidation sites excluding steroid dienone is 2. The van der Waals surface area contributed by atoms with E-state index < -0.39 is 0 Å². The molecule has 0 aromatic heterocycles. The van der Waals surface area contributed by atoms with Crippen molar-refractivity contribution in [3.63, 3.8) is 0 Å². The van der Waals surface area contributed by atoms with Gasteiger partial charge in [0, 0.05) is 55.1 Å². The lowest BCUT2D eigenvalue weighted by Gasteiger charge is -2.45. The van der Waals surface area contributed by atoms with Crippen molar-refractivity contribution in [2.45, 2.75) is 56.1 Å². The number of halogens is 1. The number of hydrogen-bond acceptors (Lipinski definition) is 8. The van der Waals surface area contributed by atoms with Crippen LogP contribution in [-0.4, -0.2) is 84.1 Å². The van der Waals surface area contributed by atoms with E-state index in [-0.39, 0.29) is 23.5 Å². The van der Waals surface area contributed by atoms with Crippen molar-refractivity contribution in [2.24, 2.45) is 4.99 Å². The fourth-order valence-electron chi connectivity index (χ4n) is 6.93. The molecule has 230 valence electrons. The minimum Gasteiger partial charge on any atom is -0.371 e. The van der Waals surface area contributed by atoms with Crippen molar-refractivity contribution in [1.82, 2.24) is 25.1 Å². The van der Waals surface area contributed by atoms with E-state index in [2.05, 4.69) is 57.9 Å². The van der Waals surface area contributed by atoms with Crippen LogP contribution in [0.15, 0.2) is 77.6 Å². The predicted octanol–water partition coefficient (Wildman–Crippen LogP) is 5.17. The Morgan fingerprint density at radius 3 is 2.50 bits per heavy atom. The minimum absolute atomic E-state index is 0.0268. The van der Waals surface area contributed by atoms with Crippen LogP contribution in [0.4, 0.5) is 5.69 Å². The third kappa shape index (κ3) is 6.28. The Kier molecular flexibility index (Phi) is 8.83. The molecule has 2 saturated heterocycles. The van der Waals surface area contributed by atoms with Crippen LogP contribution in [0.2, 0.25) is 5.02 Å². The molecule has 6 rings (SSSR count). The summed E-state index contributed by atoms with van der Waals surface area (Å²) < 4.78 is 0. The van der Waals surface area contributed by atoms with Crippen LogP contribution in [0.5, 0.6) is 0 Å². The predicted molar refractivity (Wildman–Crippen MR) is 175 cm³/mol. The number of hydrogen-bond donors (Lipinski definition) is 2. The maximum atomic E-state index is 13.1. The lowest BCUT2D eigenvalue weighted by molar-refractivity contribution is 0.0659. The molecule has 10 heteroatoms. The summed E-state index contributed by atoms with van der Waals surface area (Å²) in [5.41, 5.74) is 7.33. The summed E-state index contributed by atoms with van der Waals surface area (Å²) in [5, 5.41) is 15.5. The van der Waals surface area contributed by atoms with Crippen LogP contribution < -0.4 is 10.7 Å². The van der Waals surface area contributed by atoms with E-state index in [1.54, 1.807) is 0 Å². The molecule has 2 fully saturated rings. The first kappa shape index (κ1) is 30.0. The Hall–Kier alpha value is -4.00. The highest BCUT2D eigenvalue weighted by Crippen LogP contribution is 2.41. The van der Waals surface area contributed by atoms with Gasteiger partial charge in [0.1, 0.15) is 0 Å². The monoisotopic (exact) mass is 612 g/mol. The second-order valence-electron chi connectivity index (χ2n) is 12.4. The second kappa shape index (κ2) is 12.9. The zero-order valence-corrected chi connectivity index (χ0v) is 26.3. The largest absolute Gasteiger partial charge is 0.371 e. The Bertz CT molecular complexity index is 1460. The smallest absolute Gasteiger partial charge is 0.253 e. The summed E-state index contributed by atoms with van der Waals surface area (Å²) in [4.78, 5) is 24.8. The molecular formula is C34H41ClN8O. The summed E-state index contributed by atoms with van der Waals surface area (Å²) in [6.45, 7) is 3.82. The first-order valence-electron chi connectivity index (χ1n) is 15.6. The van der Waals surface area contributed by atoms with Crippen molar-refractivity contribution in [1.29, 1.82) is 5.26 Å².